The molecule has 0 aliphatic rings. The van der Waals surface area contributed by atoms with E-state index >= 15 is 0 Å². The van der Waals surface area contributed by atoms with Crippen LogP contribution in [0.4, 0.5) is 0 Å². The monoisotopic (exact) mass is 200 g/mol. The van der Waals surface area contributed by atoms with Gasteiger partial charge in [0.05, 0.1) is 12.2 Å². The molecule has 14 heavy (non-hydrogen) atoms. The van der Waals surface area contributed by atoms with E-state index in [1.54, 1.807) is 6.08 Å². The van der Waals surface area contributed by atoms with E-state index in [4.69, 9.17) is 0 Å². The minimum atomic E-state index is -0.653. The van der Waals surface area contributed by atoms with E-state index < -0.39 is 12.2 Å². The van der Waals surface area contributed by atoms with Crippen molar-refractivity contribution in [3.8, 4) is 0 Å². The maximum Gasteiger partial charge on any atom is 0.138 e. The molecular formula is C11H20O3. The van der Waals surface area contributed by atoms with Crippen molar-refractivity contribution in [3.05, 3.63) is 12.7 Å². The molecular weight excluding hydrogens is 180 g/mol. The Morgan fingerprint density at radius 2 is 1.93 bits per heavy atom. The average molecular weight is 200 g/mol. The Kier molecular flexibility index (Phi) is 6.41. The second kappa shape index (κ2) is 6.74. The van der Waals surface area contributed by atoms with Crippen LogP contribution in [0, 0.1) is 5.92 Å². The van der Waals surface area contributed by atoms with Crippen LogP contribution in [0.15, 0.2) is 12.7 Å². The third-order valence-electron chi connectivity index (χ3n) is 2.11. The first-order chi connectivity index (χ1) is 6.47. The number of ketones is 1. The van der Waals surface area contributed by atoms with E-state index in [2.05, 4.69) is 6.58 Å². The van der Waals surface area contributed by atoms with Crippen molar-refractivity contribution in [1.29, 1.82) is 0 Å². The zero-order chi connectivity index (χ0) is 11.1. The molecule has 3 nitrogen and oxygen atoms in total. The topological polar surface area (TPSA) is 57.5 Å². The third-order valence-corrected chi connectivity index (χ3v) is 2.11. The molecule has 0 amide bonds. The Balaban J connectivity index is 3.80. The molecule has 0 aromatic carbocycles. The molecule has 0 aliphatic heterocycles. The molecule has 0 radical (unpaired) electrons. The molecule has 0 heterocycles. The molecule has 0 aromatic heterocycles. The molecule has 0 saturated carbocycles. The van der Waals surface area contributed by atoms with Gasteiger partial charge in [-0.05, 0) is 12.3 Å². The molecule has 0 spiro atoms. The first kappa shape index (κ1) is 13.3. The quantitative estimate of drug-likeness (QED) is 0.609. The molecule has 82 valence electrons. The number of aliphatic hydroxyl groups excluding tert-OH is 2. The summed E-state index contributed by atoms with van der Waals surface area (Å²) in [4.78, 5) is 11.3. The minimum Gasteiger partial charge on any atom is -0.392 e. The lowest BCUT2D eigenvalue weighted by molar-refractivity contribution is -0.123. The highest BCUT2D eigenvalue weighted by molar-refractivity contribution is 5.79. The summed E-state index contributed by atoms with van der Waals surface area (Å²) in [6.07, 6.45) is 0.986. The number of Topliss-reactive ketones (excluding diaryl/α,β-unsaturated/α-hetero) is 1. The first-order valence-electron chi connectivity index (χ1n) is 4.96. The lowest BCUT2D eigenvalue weighted by atomic mass is 9.99. The van der Waals surface area contributed by atoms with E-state index in [1.165, 1.54) is 0 Å². The van der Waals surface area contributed by atoms with Crippen LogP contribution in [0.3, 0.4) is 0 Å². The van der Waals surface area contributed by atoms with Gasteiger partial charge in [-0.2, -0.15) is 0 Å². The summed E-state index contributed by atoms with van der Waals surface area (Å²) in [5, 5.41) is 18.7. The molecule has 0 bridgehead atoms. The SMILES string of the molecule is C=CC[C@@H](O)CC(=O)C[C@H](O)C(C)C. The van der Waals surface area contributed by atoms with Crippen LogP contribution in [0.25, 0.3) is 0 Å². The highest BCUT2D eigenvalue weighted by Crippen LogP contribution is 2.09. The second-order valence-corrected chi connectivity index (χ2v) is 3.94. The largest absolute Gasteiger partial charge is 0.392 e. The molecule has 0 unspecified atom stereocenters. The van der Waals surface area contributed by atoms with Crippen LogP contribution in [0.2, 0.25) is 0 Å². The average Bonchev–Trinajstić information content (AvgIpc) is 2.03. The fourth-order valence-electron chi connectivity index (χ4n) is 1.09. The number of hydrogen-bond acceptors (Lipinski definition) is 3. The zero-order valence-corrected chi connectivity index (χ0v) is 8.94. The molecule has 2 atom stereocenters. The van der Waals surface area contributed by atoms with Gasteiger partial charge in [-0.15, -0.1) is 6.58 Å². The minimum absolute atomic E-state index is 0.0792. The molecule has 0 aromatic rings. The van der Waals surface area contributed by atoms with Gasteiger partial charge < -0.3 is 10.2 Å². The Bertz CT molecular complexity index is 187. The summed E-state index contributed by atoms with van der Waals surface area (Å²) >= 11 is 0. The van der Waals surface area contributed by atoms with E-state index in [9.17, 15) is 15.0 Å². The van der Waals surface area contributed by atoms with Crippen molar-refractivity contribution >= 4 is 5.78 Å². The van der Waals surface area contributed by atoms with Gasteiger partial charge in [0.15, 0.2) is 0 Å². The van der Waals surface area contributed by atoms with E-state index in [-0.39, 0.29) is 24.5 Å². The smallest absolute Gasteiger partial charge is 0.138 e. The zero-order valence-electron chi connectivity index (χ0n) is 8.94. The maximum absolute atomic E-state index is 11.3. The number of rotatable bonds is 7. The Morgan fingerprint density at radius 3 is 2.36 bits per heavy atom. The van der Waals surface area contributed by atoms with Gasteiger partial charge in [-0.3, -0.25) is 4.79 Å². The summed E-state index contributed by atoms with van der Waals surface area (Å²) in [5.74, 6) is -0.0175. The normalized spacial score (nSPS) is 15.2. The molecule has 2 N–H and O–H groups in total. The van der Waals surface area contributed by atoms with Gasteiger partial charge >= 0.3 is 0 Å². The molecule has 0 saturated heterocycles. The van der Waals surface area contributed by atoms with Crippen LogP contribution in [0.5, 0.6) is 0 Å². The lowest BCUT2D eigenvalue weighted by Crippen LogP contribution is -2.22. The van der Waals surface area contributed by atoms with Crippen molar-refractivity contribution in [2.45, 2.75) is 45.3 Å². The number of hydrogen-bond donors (Lipinski definition) is 2. The fraction of sp³-hybridized carbons (Fsp3) is 0.727. The second-order valence-electron chi connectivity index (χ2n) is 3.94. The van der Waals surface area contributed by atoms with E-state index in [1.807, 2.05) is 13.8 Å². The van der Waals surface area contributed by atoms with Crippen LogP contribution in [-0.4, -0.2) is 28.2 Å². The fourth-order valence-corrected chi connectivity index (χ4v) is 1.09. The molecule has 0 aliphatic carbocycles. The summed E-state index contributed by atoms with van der Waals surface area (Å²) in [6, 6.07) is 0. The van der Waals surface area contributed by atoms with Crippen LogP contribution in [0.1, 0.15) is 33.1 Å². The van der Waals surface area contributed by atoms with Gasteiger partial charge in [0, 0.05) is 12.8 Å². The number of aliphatic hydroxyl groups is 2. The summed E-state index contributed by atoms with van der Waals surface area (Å²) in [5.41, 5.74) is 0. The highest BCUT2D eigenvalue weighted by Gasteiger charge is 2.16. The van der Waals surface area contributed by atoms with Crippen molar-refractivity contribution in [3.63, 3.8) is 0 Å². The summed E-state index contributed by atoms with van der Waals surface area (Å²) in [7, 11) is 0. The number of carbonyl (C=O) groups is 1. The summed E-state index contributed by atoms with van der Waals surface area (Å²) in [6.45, 7) is 7.19. The molecule has 3 heteroatoms. The predicted octanol–water partition coefficient (Wildman–Crippen LogP) is 1.29. The van der Waals surface area contributed by atoms with Gasteiger partial charge in [0.2, 0.25) is 0 Å². The Morgan fingerprint density at radius 1 is 1.36 bits per heavy atom. The van der Waals surface area contributed by atoms with Crippen molar-refractivity contribution in [2.24, 2.45) is 5.92 Å². The van der Waals surface area contributed by atoms with Gasteiger partial charge in [0.1, 0.15) is 5.78 Å². The standard InChI is InChI=1S/C11H20O3/c1-4-5-9(12)6-10(13)7-11(14)8(2)3/h4,8-9,11-12,14H,1,5-7H2,2-3H3/t9-,11+/m1/s1. The van der Waals surface area contributed by atoms with Crippen LogP contribution >= 0.6 is 0 Å². The highest BCUT2D eigenvalue weighted by atomic mass is 16.3. The maximum atomic E-state index is 11.3. The summed E-state index contributed by atoms with van der Waals surface area (Å²) < 4.78 is 0. The van der Waals surface area contributed by atoms with Crippen molar-refractivity contribution in [1.82, 2.24) is 0 Å². The van der Waals surface area contributed by atoms with Gasteiger partial charge in [-0.1, -0.05) is 19.9 Å². The van der Waals surface area contributed by atoms with Crippen molar-refractivity contribution in [2.75, 3.05) is 0 Å². The lowest BCUT2D eigenvalue weighted by Gasteiger charge is -2.14. The Labute approximate surface area is 85.4 Å². The van der Waals surface area contributed by atoms with Crippen molar-refractivity contribution < 1.29 is 15.0 Å². The molecule has 0 fully saturated rings. The van der Waals surface area contributed by atoms with Gasteiger partial charge in [0.25, 0.3) is 0 Å². The van der Waals surface area contributed by atoms with E-state index in [0.717, 1.165) is 0 Å². The van der Waals surface area contributed by atoms with E-state index in [0.29, 0.717) is 6.42 Å². The predicted molar refractivity (Wildman–Crippen MR) is 55.9 cm³/mol. The first-order valence-corrected chi connectivity index (χ1v) is 4.96. The third kappa shape index (κ3) is 5.89. The molecule has 0 rings (SSSR count). The van der Waals surface area contributed by atoms with Gasteiger partial charge in [-0.25, -0.2) is 0 Å². The Hall–Kier alpha value is -0.670. The van der Waals surface area contributed by atoms with Crippen LogP contribution < -0.4 is 0 Å². The number of carbonyl (C=O) groups excluding carboxylic acids is 1. The van der Waals surface area contributed by atoms with Crippen LogP contribution in [-0.2, 0) is 4.79 Å².